The first-order valence-electron chi connectivity index (χ1n) is 9.08. The smallest absolute Gasteiger partial charge is 0.266 e. The first-order chi connectivity index (χ1) is 14.4. The molecule has 3 heterocycles. The zero-order valence-corrected chi connectivity index (χ0v) is 18.4. The molecule has 0 amide bonds. The molecule has 0 fully saturated rings. The summed E-state index contributed by atoms with van der Waals surface area (Å²) < 4.78 is 28.5. The second-order valence-corrected chi connectivity index (χ2v) is 10.3. The zero-order valence-electron chi connectivity index (χ0n) is 16.0. The van der Waals surface area contributed by atoms with Crippen molar-refractivity contribution in [3.8, 4) is 21.1 Å². The normalized spacial score (nSPS) is 11.6. The van der Waals surface area contributed by atoms with Gasteiger partial charge in [-0.15, -0.1) is 22.7 Å². The topological polar surface area (TPSA) is 94.0 Å². The third-order valence-electron chi connectivity index (χ3n) is 4.29. The lowest BCUT2D eigenvalue weighted by Crippen LogP contribution is -2.31. The monoisotopic (exact) mass is 458 g/mol. The van der Waals surface area contributed by atoms with Crippen LogP contribution in [-0.2, 0) is 16.6 Å². The Morgan fingerprint density at radius 1 is 1.07 bits per heavy atom. The molecule has 0 aliphatic carbocycles. The largest absolute Gasteiger partial charge is 0.268 e. The van der Waals surface area contributed by atoms with Crippen molar-refractivity contribution < 1.29 is 8.42 Å². The number of aromatic nitrogens is 3. The van der Waals surface area contributed by atoms with Crippen LogP contribution in [0.5, 0.6) is 0 Å². The fraction of sp³-hybridized carbons (Fsp3) is 0.150. The summed E-state index contributed by atoms with van der Waals surface area (Å²) in [5, 5.41) is 7.02. The van der Waals surface area contributed by atoms with Crippen molar-refractivity contribution in [3.05, 3.63) is 76.0 Å². The molecule has 1 aromatic carbocycles. The van der Waals surface area contributed by atoms with Crippen LogP contribution in [0.25, 0.3) is 21.1 Å². The summed E-state index contributed by atoms with van der Waals surface area (Å²) in [6.45, 7) is 2.10. The molecule has 154 valence electrons. The van der Waals surface area contributed by atoms with E-state index in [0.717, 1.165) is 32.5 Å². The lowest BCUT2D eigenvalue weighted by atomic mass is 10.2. The van der Waals surface area contributed by atoms with E-state index in [-0.39, 0.29) is 22.9 Å². The number of thiophene rings is 1. The highest BCUT2D eigenvalue weighted by Crippen LogP contribution is 2.33. The Hall–Kier alpha value is -2.66. The molecule has 10 heteroatoms. The van der Waals surface area contributed by atoms with Crippen LogP contribution < -0.4 is 10.3 Å². The van der Waals surface area contributed by atoms with E-state index in [0.29, 0.717) is 5.69 Å². The van der Waals surface area contributed by atoms with Crippen LogP contribution in [-0.4, -0.2) is 29.7 Å². The predicted molar refractivity (Wildman–Crippen MR) is 119 cm³/mol. The van der Waals surface area contributed by atoms with E-state index in [9.17, 15) is 13.2 Å². The fourth-order valence-electron chi connectivity index (χ4n) is 2.84. The molecule has 0 spiro atoms. The number of sulfonamides is 1. The van der Waals surface area contributed by atoms with Gasteiger partial charge in [0, 0.05) is 18.2 Å². The van der Waals surface area contributed by atoms with E-state index >= 15 is 0 Å². The third kappa shape index (κ3) is 4.41. The molecule has 1 N–H and O–H groups in total. The predicted octanol–water partition coefficient (Wildman–Crippen LogP) is 3.38. The van der Waals surface area contributed by atoms with Crippen molar-refractivity contribution in [1.29, 1.82) is 0 Å². The minimum Gasteiger partial charge on any atom is -0.268 e. The molecule has 30 heavy (non-hydrogen) atoms. The van der Waals surface area contributed by atoms with Gasteiger partial charge < -0.3 is 0 Å². The number of hydrogen-bond acceptors (Lipinski definition) is 7. The van der Waals surface area contributed by atoms with Gasteiger partial charge in [-0.3, -0.25) is 4.79 Å². The maximum Gasteiger partial charge on any atom is 0.266 e. The van der Waals surface area contributed by atoms with Gasteiger partial charge in [-0.25, -0.2) is 22.8 Å². The first-order valence-corrected chi connectivity index (χ1v) is 12.3. The van der Waals surface area contributed by atoms with Crippen LogP contribution in [0.2, 0.25) is 0 Å². The summed E-state index contributed by atoms with van der Waals surface area (Å²) in [7, 11) is -3.58. The molecule has 0 bridgehead atoms. The molecule has 0 unspecified atom stereocenters. The van der Waals surface area contributed by atoms with Crippen molar-refractivity contribution in [2.75, 3.05) is 6.54 Å². The molecule has 7 nitrogen and oxygen atoms in total. The summed E-state index contributed by atoms with van der Waals surface area (Å²) >= 11 is 2.65. The van der Waals surface area contributed by atoms with Crippen LogP contribution in [0, 0.1) is 6.92 Å². The van der Waals surface area contributed by atoms with Gasteiger partial charge >= 0.3 is 0 Å². The van der Waals surface area contributed by atoms with Crippen molar-refractivity contribution in [3.63, 3.8) is 0 Å². The van der Waals surface area contributed by atoms with Gasteiger partial charge in [-0.1, -0.05) is 36.4 Å². The van der Waals surface area contributed by atoms with Crippen LogP contribution in [0.4, 0.5) is 0 Å². The molecule has 4 rings (SSSR count). The molecular weight excluding hydrogens is 440 g/mol. The Morgan fingerprint density at radius 3 is 2.60 bits per heavy atom. The van der Waals surface area contributed by atoms with E-state index in [1.54, 1.807) is 17.5 Å². The van der Waals surface area contributed by atoms with Gasteiger partial charge in [-0.05, 0) is 24.4 Å². The average Bonchev–Trinajstić information content (AvgIpc) is 3.41. The second-order valence-electron chi connectivity index (χ2n) is 6.41. The van der Waals surface area contributed by atoms with Gasteiger partial charge in [0.05, 0.1) is 17.1 Å². The van der Waals surface area contributed by atoms with Crippen molar-refractivity contribution in [2.24, 2.45) is 0 Å². The van der Waals surface area contributed by atoms with E-state index in [2.05, 4.69) is 14.8 Å². The Bertz CT molecular complexity index is 1310. The maximum absolute atomic E-state index is 12.2. The van der Waals surface area contributed by atoms with Gasteiger partial charge in [0.1, 0.15) is 14.9 Å². The number of benzene rings is 1. The highest BCUT2D eigenvalue weighted by molar-refractivity contribution is 7.91. The Morgan fingerprint density at radius 2 is 1.87 bits per heavy atom. The second kappa shape index (κ2) is 8.60. The lowest BCUT2D eigenvalue weighted by Gasteiger charge is -2.08. The van der Waals surface area contributed by atoms with Crippen LogP contribution in [0.1, 0.15) is 5.69 Å². The molecule has 0 saturated heterocycles. The van der Waals surface area contributed by atoms with E-state index in [4.69, 9.17) is 0 Å². The van der Waals surface area contributed by atoms with Crippen LogP contribution >= 0.6 is 22.7 Å². The molecule has 0 aliphatic heterocycles. The average molecular weight is 459 g/mol. The van der Waals surface area contributed by atoms with E-state index < -0.39 is 10.0 Å². The summed E-state index contributed by atoms with van der Waals surface area (Å²) in [5.74, 6) is 0. The lowest BCUT2D eigenvalue weighted by molar-refractivity contribution is 0.550. The van der Waals surface area contributed by atoms with E-state index in [1.165, 1.54) is 28.2 Å². The molecule has 0 atom stereocenters. The molecule has 3 aromatic heterocycles. The highest BCUT2D eigenvalue weighted by Gasteiger charge is 2.16. The quantitative estimate of drug-likeness (QED) is 0.458. The standard InChI is InChI=1S/C20H18N4O3S3/c1-14-19(29-20(22-14)15-6-3-2-4-7-15)16-9-10-17(25)24(23-16)12-11-21-30(26,27)18-8-5-13-28-18/h2-10,13,21H,11-12H2,1H3. The van der Waals surface area contributed by atoms with Crippen LogP contribution in [0.15, 0.2) is 69.0 Å². The van der Waals surface area contributed by atoms with Gasteiger partial charge in [-0.2, -0.15) is 5.10 Å². The van der Waals surface area contributed by atoms with Crippen molar-refractivity contribution in [2.45, 2.75) is 17.7 Å². The summed E-state index contributed by atoms with van der Waals surface area (Å²) in [6, 6.07) is 16.2. The minimum absolute atomic E-state index is 0.0630. The fourth-order valence-corrected chi connectivity index (χ4v) is 5.94. The number of nitrogens with one attached hydrogen (secondary N) is 1. The first kappa shape index (κ1) is 20.6. The zero-order chi connectivity index (χ0) is 21.1. The molecule has 4 aromatic rings. The number of rotatable bonds is 7. The third-order valence-corrected chi connectivity index (χ3v) is 8.38. The molecular formula is C20H18N4O3S3. The highest BCUT2D eigenvalue weighted by atomic mass is 32.2. The molecule has 0 saturated carbocycles. The van der Waals surface area contributed by atoms with Gasteiger partial charge in [0.2, 0.25) is 10.0 Å². The number of thiazole rings is 1. The maximum atomic E-state index is 12.2. The summed E-state index contributed by atoms with van der Waals surface area (Å²) in [6.07, 6.45) is 0. The summed E-state index contributed by atoms with van der Waals surface area (Å²) in [5.41, 5.74) is 2.19. The molecule has 0 aliphatic rings. The van der Waals surface area contributed by atoms with Crippen molar-refractivity contribution in [1.82, 2.24) is 19.5 Å². The number of hydrogen-bond donors (Lipinski definition) is 1. The van der Waals surface area contributed by atoms with E-state index in [1.807, 2.05) is 37.3 Å². The SMILES string of the molecule is Cc1nc(-c2ccccc2)sc1-c1ccc(=O)n(CCNS(=O)(=O)c2cccs2)n1. The van der Waals surface area contributed by atoms with Crippen LogP contribution in [0.3, 0.4) is 0 Å². The van der Waals surface area contributed by atoms with Gasteiger partial charge in [0.25, 0.3) is 5.56 Å². The number of nitrogens with zero attached hydrogens (tertiary/aromatic N) is 3. The minimum atomic E-state index is -3.58. The Balaban J connectivity index is 1.54. The molecule has 0 radical (unpaired) electrons. The number of aryl methyl sites for hydroxylation is 1. The van der Waals surface area contributed by atoms with Crippen molar-refractivity contribution >= 4 is 32.7 Å². The summed E-state index contributed by atoms with van der Waals surface area (Å²) in [4.78, 5) is 17.7. The van der Waals surface area contributed by atoms with Gasteiger partial charge in [0.15, 0.2) is 0 Å². The Kier molecular flexibility index (Phi) is 5.91. The Labute approximate surface area is 181 Å².